The summed E-state index contributed by atoms with van der Waals surface area (Å²) in [5, 5.41) is 22.0. The fourth-order valence-electron chi connectivity index (χ4n) is 4.71. The zero-order chi connectivity index (χ0) is 30.7. The monoisotopic (exact) mass is 583 g/mol. The number of H-pyrrole nitrogens is 1. The molecule has 1 saturated heterocycles. The molecule has 13 heteroatoms. The van der Waals surface area contributed by atoms with Crippen LogP contribution in [0.25, 0.3) is 10.9 Å². The number of rotatable bonds is 7. The second-order valence-electron chi connectivity index (χ2n) is 12.4. The summed E-state index contributed by atoms with van der Waals surface area (Å²) < 4.78 is 12.3. The number of carbonyl (C=O) groups is 3. The van der Waals surface area contributed by atoms with Crippen molar-refractivity contribution in [1.82, 2.24) is 35.1 Å². The van der Waals surface area contributed by atoms with Gasteiger partial charge in [-0.1, -0.05) is 23.4 Å². The smallest absolute Gasteiger partial charge is 0.410 e. The number of amides is 3. The summed E-state index contributed by atoms with van der Waals surface area (Å²) >= 11 is 0. The van der Waals surface area contributed by atoms with E-state index in [2.05, 4.69) is 20.6 Å². The number of nitrogens with one attached hydrogen (secondary N) is 2. The molecule has 3 heterocycles. The van der Waals surface area contributed by atoms with Crippen LogP contribution >= 0.6 is 0 Å². The van der Waals surface area contributed by atoms with Crippen LogP contribution in [0.5, 0.6) is 0 Å². The number of piperazine rings is 1. The van der Waals surface area contributed by atoms with E-state index in [1.54, 1.807) is 36.8 Å². The predicted octanol–water partition coefficient (Wildman–Crippen LogP) is 3.18. The van der Waals surface area contributed by atoms with E-state index in [0.717, 1.165) is 16.5 Å². The highest BCUT2D eigenvalue weighted by molar-refractivity contribution is 5.85. The third kappa shape index (κ3) is 7.78. The molecular weight excluding hydrogens is 542 g/mol. The van der Waals surface area contributed by atoms with Gasteiger partial charge in [-0.05, 0) is 53.2 Å². The predicted molar refractivity (Wildman–Crippen MR) is 155 cm³/mol. The van der Waals surface area contributed by atoms with Gasteiger partial charge in [-0.15, -0.1) is 5.10 Å². The number of fused-ring (bicyclic) bond motifs is 1. The summed E-state index contributed by atoms with van der Waals surface area (Å²) in [6, 6.07) is 6.18. The van der Waals surface area contributed by atoms with Gasteiger partial charge in [0.1, 0.15) is 29.0 Å². The Morgan fingerprint density at radius 1 is 1.00 bits per heavy atom. The topological polar surface area (TPSA) is 155 Å². The number of nitrogens with zero attached hydrogens (tertiary/aromatic N) is 5. The van der Waals surface area contributed by atoms with Crippen molar-refractivity contribution >= 4 is 29.0 Å². The maximum Gasteiger partial charge on any atom is 0.410 e. The standard InChI is InChI=1S/C29H41N7O6/c1-28(2,3)41-26(39)31-23(18-37)22-17-36(33-32-22)24(15-19-16-30-21-10-8-7-9-20(19)21)25(38)34-11-13-35(14-12-34)27(40)42-29(4,5)6/h7-10,16-17,23-24,30,37H,11-15,18H2,1-6H3,(H,31,39). The van der Waals surface area contributed by atoms with Crippen LogP contribution in [0.3, 0.4) is 0 Å². The molecule has 3 amide bonds. The number of aromatic amines is 1. The van der Waals surface area contributed by atoms with Crippen molar-refractivity contribution in [3.63, 3.8) is 0 Å². The molecule has 1 aromatic carbocycles. The van der Waals surface area contributed by atoms with Gasteiger partial charge in [-0.3, -0.25) is 4.79 Å². The van der Waals surface area contributed by atoms with Crippen molar-refractivity contribution in [2.75, 3.05) is 32.8 Å². The summed E-state index contributed by atoms with van der Waals surface area (Å²) in [5.74, 6) is -0.179. The molecule has 0 saturated carbocycles. The quantitative estimate of drug-likeness (QED) is 0.383. The third-order valence-corrected chi connectivity index (χ3v) is 6.69. The molecule has 0 radical (unpaired) electrons. The van der Waals surface area contributed by atoms with Gasteiger partial charge in [0.25, 0.3) is 0 Å². The van der Waals surface area contributed by atoms with Gasteiger partial charge in [0, 0.05) is 49.7 Å². The summed E-state index contributed by atoms with van der Waals surface area (Å²) in [4.78, 5) is 45.5. The Hall–Kier alpha value is -4.13. The molecule has 1 aliphatic heterocycles. The first-order chi connectivity index (χ1) is 19.7. The van der Waals surface area contributed by atoms with Gasteiger partial charge in [-0.2, -0.15) is 0 Å². The SMILES string of the molecule is CC(C)(C)OC(=O)NC(CO)c1cn(C(Cc2c[nH]c3ccccc23)C(=O)N2CCN(C(=O)OC(C)(C)C)CC2)nn1. The minimum Gasteiger partial charge on any atom is -0.444 e. The summed E-state index contributed by atoms with van der Waals surface area (Å²) in [6.07, 6.45) is 2.65. The molecule has 3 aromatic rings. The molecule has 2 aromatic heterocycles. The lowest BCUT2D eigenvalue weighted by Gasteiger charge is -2.37. The lowest BCUT2D eigenvalue weighted by Crippen LogP contribution is -2.53. The van der Waals surface area contributed by atoms with E-state index >= 15 is 0 Å². The summed E-state index contributed by atoms with van der Waals surface area (Å²) in [5.41, 5.74) is 0.843. The van der Waals surface area contributed by atoms with Gasteiger partial charge < -0.3 is 34.7 Å². The van der Waals surface area contributed by atoms with Crippen LogP contribution in [0.4, 0.5) is 9.59 Å². The van der Waals surface area contributed by atoms with E-state index in [0.29, 0.717) is 32.6 Å². The number of benzene rings is 1. The number of hydrogen-bond acceptors (Lipinski definition) is 8. The second-order valence-corrected chi connectivity index (χ2v) is 12.4. The Morgan fingerprint density at radius 3 is 2.29 bits per heavy atom. The van der Waals surface area contributed by atoms with E-state index in [1.165, 1.54) is 4.68 Å². The highest BCUT2D eigenvalue weighted by Gasteiger charge is 2.33. The third-order valence-electron chi connectivity index (χ3n) is 6.69. The van der Waals surface area contributed by atoms with Gasteiger partial charge in [0.05, 0.1) is 12.8 Å². The van der Waals surface area contributed by atoms with E-state index in [-0.39, 0.29) is 11.6 Å². The number of ether oxygens (including phenoxy) is 2. The number of aromatic nitrogens is 4. The Kier molecular flexibility index (Phi) is 9.09. The summed E-state index contributed by atoms with van der Waals surface area (Å²) in [7, 11) is 0. The Morgan fingerprint density at radius 2 is 1.64 bits per heavy atom. The highest BCUT2D eigenvalue weighted by Crippen LogP contribution is 2.25. The molecule has 4 rings (SSSR count). The van der Waals surface area contributed by atoms with E-state index in [1.807, 2.05) is 51.2 Å². The van der Waals surface area contributed by atoms with E-state index in [4.69, 9.17) is 9.47 Å². The first kappa shape index (κ1) is 30.8. The molecule has 2 unspecified atom stereocenters. The maximum absolute atomic E-state index is 14.0. The van der Waals surface area contributed by atoms with E-state index < -0.39 is 42.1 Å². The van der Waals surface area contributed by atoms with Crippen molar-refractivity contribution < 1.29 is 29.0 Å². The maximum atomic E-state index is 14.0. The number of para-hydroxylation sites is 1. The molecule has 42 heavy (non-hydrogen) atoms. The molecule has 0 spiro atoms. The van der Waals surface area contributed by atoms with Crippen molar-refractivity contribution in [3.8, 4) is 0 Å². The molecule has 228 valence electrons. The van der Waals surface area contributed by atoms with Gasteiger partial charge in [-0.25, -0.2) is 14.3 Å². The van der Waals surface area contributed by atoms with Gasteiger partial charge in [0.2, 0.25) is 5.91 Å². The van der Waals surface area contributed by atoms with Gasteiger partial charge in [0.15, 0.2) is 0 Å². The molecule has 3 N–H and O–H groups in total. The van der Waals surface area contributed by atoms with E-state index in [9.17, 15) is 19.5 Å². The number of hydrogen-bond donors (Lipinski definition) is 3. The van der Waals surface area contributed by atoms with Crippen LogP contribution in [-0.2, 0) is 20.7 Å². The Bertz CT molecular complexity index is 1400. The average Bonchev–Trinajstić information content (AvgIpc) is 3.56. The minimum absolute atomic E-state index is 0.179. The summed E-state index contributed by atoms with van der Waals surface area (Å²) in [6.45, 7) is 11.6. The molecular formula is C29H41N7O6. The molecule has 13 nitrogen and oxygen atoms in total. The largest absolute Gasteiger partial charge is 0.444 e. The van der Waals surface area contributed by atoms with Crippen LogP contribution in [0.2, 0.25) is 0 Å². The van der Waals surface area contributed by atoms with Crippen molar-refractivity contribution in [2.45, 2.75) is 71.2 Å². The second kappa shape index (κ2) is 12.4. The van der Waals surface area contributed by atoms with Crippen molar-refractivity contribution in [2.24, 2.45) is 0 Å². The lowest BCUT2D eigenvalue weighted by atomic mass is 10.0. The fourth-order valence-corrected chi connectivity index (χ4v) is 4.71. The fraction of sp³-hybridized carbons (Fsp3) is 0.552. The molecule has 1 aliphatic rings. The number of carbonyl (C=O) groups excluding carboxylic acids is 3. The first-order valence-electron chi connectivity index (χ1n) is 14.1. The normalized spacial score (nSPS) is 15.8. The number of alkyl carbamates (subject to hydrolysis) is 1. The molecule has 1 fully saturated rings. The van der Waals surface area contributed by atoms with Gasteiger partial charge >= 0.3 is 12.2 Å². The molecule has 0 bridgehead atoms. The van der Waals surface area contributed by atoms with Crippen LogP contribution in [0.1, 0.15) is 64.9 Å². The Labute approximate surface area is 245 Å². The lowest BCUT2D eigenvalue weighted by molar-refractivity contribution is -0.136. The van der Waals surface area contributed by atoms with Crippen molar-refractivity contribution in [3.05, 3.63) is 47.9 Å². The average molecular weight is 584 g/mol. The number of aliphatic hydroxyl groups excluding tert-OH is 1. The molecule has 0 aliphatic carbocycles. The minimum atomic E-state index is -0.880. The zero-order valence-electron chi connectivity index (χ0n) is 25.1. The first-order valence-corrected chi connectivity index (χ1v) is 14.1. The Balaban J connectivity index is 1.55. The van der Waals surface area contributed by atoms with Crippen LogP contribution in [-0.4, -0.2) is 97.0 Å². The number of aliphatic hydroxyl groups is 1. The zero-order valence-corrected chi connectivity index (χ0v) is 25.1. The molecule has 2 atom stereocenters. The van der Waals surface area contributed by atoms with Crippen LogP contribution in [0.15, 0.2) is 36.7 Å². The van der Waals surface area contributed by atoms with Crippen LogP contribution < -0.4 is 5.32 Å². The highest BCUT2D eigenvalue weighted by atomic mass is 16.6. The van der Waals surface area contributed by atoms with Crippen molar-refractivity contribution in [1.29, 1.82) is 0 Å². The van der Waals surface area contributed by atoms with Crippen LogP contribution in [0, 0.1) is 0 Å².